The van der Waals surface area contributed by atoms with Crippen LogP contribution in [0.25, 0.3) is 0 Å². The van der Waals surface area contributed by atoms with E-state index < -0.39 is 0 Å². The molecule has 0 fully saturated rings. The minimum absolute atomic E-state index is 0.0776. The van der Waals surface area contributed by atoms with Gasteiger partial charge in [0.25, 0.3) is 0 Å². The van der Waals surface area contributed by atoms with E-state index in [9.17, 15) is 4.39 Å². The minimum Gasteiger partial charge on any atom is -0.394 e. The minimum atomic E-state index is -0.297. The summed E-state index contributed by atoms with van der Waals surface area (Å²) in [6, 6.07) is 6.33. The smallest absolute Gasteiger partial charge is 0.123 e. The van der Waals surface area contributed by atoms with Crippen LogP contribution in [0.15, 0.2) is 24.3 Å². The monoisotopic (exact) mass is 197 g/mol. The maximum absolute atomic E-state index is 12.6. The van der Waals surface area contributed by atoms with Crippen molar-refractivity contribution in [3.05, 3.63) is 35.6 Å². The summed E-state index contributed by atoms with van der Waals surface area (Å²) in [5, 5.41) is 12.2. The molecule has 0 saturated heterocycles. The molecular formula is C11H16FNO. The molecule has 0 aliphatic rings. The average molecular weight is 197 g/mol. The second kappa shape index (κ2) is 4.53. The summed E-state index contributed by atoms with van der Waals surface area (Å²) in [5.74, 6) is -0.227. The number of halogens is 1. The molecule has 0 radical (unpaired) electrons. The summed E-state index contributed by atoms with van der Waals surface area (Å²) >= 11 is 0. The van der Waals surface area contributed by atoms with Crippen molar-refractivity contribution < 1.29 is 9.50 Å². The van der Waals surface area contributed by atoms with Crippen molar-refractivity contribution >= 4 is 0 Å². The second-order valence-electron chi connectivity index (χ2n) is 4.02. The Morgan fingerprint density at radius 2 is 1.86 bits per heavy atom. The zero-order chi connectivity index (χ0) is 10.6. The average Bonchev–Trinajstić information content (AvgIpc) is 2.17. The number of hydrogen-bond acceptors (Lipinski definition) is 2. The normalized spacial score (nSPS) is 11.7. The van der Waals surface area contributed by atoms with Crippen LogP contribution in [0.3, 0.4) is 0 Å². The number of rotatable bonds is 4. The third kappa shape index (κ3) is 3.44. The van der Waals surface area contributed by atoms with Crippen LogP contribution in [-0.4, -0.2) is 17.3 Å². The van der Waals surface area contributed by atoms with E-state index in [0.29, 0.717) is 6.54 Å². The van der Waals surface area contributed by atoms with Crippen molar-refractivity contribution in [2.45, 2.75) is 25.9 Å². The van der Waals surface area contributed by atoms with Crippen molar-refractivity contribution in [3.63, 3.8) is 0 Å². The SMILES string of the molecule is CC(C)(CO)NCc1ccc(F)cc1. The molecule has 3 heteroatoms. The van der Waals surface area contributed by atoms with E-state index in [1.807, 2.05) is 13.8 Å². The molecule has 0 atom stereocenters. The Labute approximate surface area is 83.8 Å². The van der Waals surface area contributed by atoms with Crippen LogP contribution < -0.4 is 5.32 Å². The highest BCUT2D eigenvalue weighted by atomic mass is 19.1. The highest BCUT2D eigenvalue weighted by Crippen LogP contribution is 2.05. The molecule has 0 amide bonds. The first-order valence-electron chi connectivity index (χ1n) is 4.64. The number of aliphatic hydroxyl groups is 1. The van der Waals surface area contributed by atoms with Gasteiger partial charge < -0.3 is 10.4 Å². The molecule has 0 bridgehead atoms. The van der Waals surface area contributed by atoms with Crippen LogP contribution in [0.4, 0.5) is 4.39 Å². The number of hydrogen-bond donors (Lipinski definition) is 2. The van der Waals surface area contributed by atoms with E-state index in [1.54, 1.807) is 12.1 Å². The van der Waals surface area contributed by atoms with E-state index in [1.165, 1.54) is 12.1 Å². The van der Waals surface area contributed by atoms with Gasteiger partial charge >= 0.3 is 0 Å². The lowest BCUT2D eigenvalue weighted by molar-refractivity contribution is 0.187. The fourth-order valence-electron chi connectivity index (χ4n) is 0.999. The first-order valence-corrected chi connectivity index (χ1v) is 4.64. The zero-order valence-corrected chi connectivity index (χ0v) is 8.55. The Morgan fingerprint density at radius 1 is 1.29 bits per heavy atom. The maximum Gasteiger partial charge on any atom is 0.123 e. The number of aliphatic hydroxyl groups excluding tert-OH is 1. The molecule has 78 valence electrons. The van der Waals surface area contributed by atoms with Crippen LogP contribution >= 0.6 is 0 Å². The lowest BCUT2D eigenvalue weighted by atomic mass is 10.1. The van der Waals surface area contributed by atoms with Crippen LogP contribution in [0, 0.1) is 5.82 Å². The van der Waals surface area contributed by atoms with E-state index in [0.717, 1.165) is 5.56 Å². The maximum atomic E-state index is 12.6. The van der Waals surface area contributed by atoms with E-state index >= 15 is 0 Å². The molecule has 2 N–H and O–H groups in total. The van der Waals surface area contributed by atoms with Gasteiger partial charge in [-0.15, -0.1) is 0 Å². The summed E-state index contributed by atoms with van der Waals surface area (Å²) in [6.07, 6.45) is 0. The van der Waals surface area contributed by atoms with Crippen molar-refractivity contribution in [1.29, 1.82) is 0 Å². The van der Waals surface area contributed by atoms with Gasteiger partial charge in [-0.25, -0.2) is 4.39 Å². The van der Waals surface area contributed by atoms with Crippen molar-refractivity contribution in [2.75, 3.05) is 6.61 Å². The van der Waals surface area contributed by atoms with Gasteiger partial charge in [0.2, 0.25) is 0 Å². The second-order valence-corrected chi connectivity index (χ2v) is 4.02. The Balaban J connectivity index is 2.50. The van der Waals surface area contributed by atoms with E-state index in [2.05, 4.69) is 5.32 Å². The fraction of sp³-hybridized carbons (Fsp3) is 0.455. The molecule has 0 aliphatic carbocycles. The third-order valence-electron chi connectivity index (χ3n) is 2.08. The summed E-state index contributed by atoms with van der Waals surface area (Å²) < 4.78 is 12.6. The standard InChI is InChI=1S/C11H16FNO/c1-11(2,8-14)13-7-9-3-5-10(12)6-4-9/h3-6,13-14H,7-8H2,1-2H3. The Hall–Kier alpha value is -0.930. The van der Waals surface area contributed by atoms with Gasteiger partial charge in [-0.2, -0.15) is 0 Å². The predicted octanol–water partition coefficient (Wildman–Crippen LogP) is 1.69. The molecule has 0 aromatic heterocycles. The van der Waals surface area contributed by atoms with E-state index in [4.69, 9.17) is 5.11 Å². The fourth-order valence-corrected chi connectivity index (χ4v) is 0.999. The molecule has 2 nitrogen and oxygen atoms in total. The summed E-state index contributed by atoms with van der Waals surface area (Å²) in [6.45, 7) is 4.54. The quantitative estimate of drug-likeness (QED) is 0.769. The third-order valence-corrected chi connectivity index (χ3v) is 2.08. The summed E-state index contributed by atoms with van der Waals surface area (Å²) in [4.78, 5) is 0. The Morgan fingerprint density at radius 3 is 2.36 bits per heavy atom. The Kier molecular flexibility index (Phi) is 3.61. The van der Waals surface area contributed by atoms with Crippen molar-refractivity contribution in [2.24, 2.45) is 0 Å². The van der Waals surface area contributed by atoms with Gasteiger partial charge in [-0.1, -0.05) is 12.1 Å². The first kappa shape index (κ1) is 11.1. The van der Waals surface area contributed by atoms with Crippen LogP contribution in [0.5, 0.6) is 0 Å². The van der Waals surface area contributed by atoms with Crippen LogP contribution in [0.2, 0.25) is 0 Å². The zero-order valence-electron chi connectivity index (χ0n) is 8.55. The molecule has 0 spiro atoms. The molecule has 1 aromatic carbocycles. The van der Waals surface area contributed by atoms with Gasteiger partial charge in [0, 0.05) is 12.1 Å². The highest BCUT2D eigenvalue weighted by Gasteiger charge is 2.14. The summed E-state index contributed by atoms with van der Waals surface area (Å²) in [7, 11) is 0. The van der Waals surface area contributed by atoms with Gasteiger partial charge in [0.1, 0.15) is 5.82 Å². The topological polar surface area (TPSA) is 32.3 Å². The van der Waals surface area contributed by atoms with Gasteiger partial charge in [-0.3, -0.25) is 0 Å². The Bertz CT molecular complexity index is 282. The molecule has 0 aliphatic heterocycles. The molecule has 0 unspecified atom stereocenters. The molecular weight excluding hydrogens is 181 g/mol. The summed E-state index contributed by atoms with van der Waals surface area (Å²) in [5.41, 5.74) is 0.710. The van der Waals surface area contributed by atoms with Crippen LogP contribution in [-0.2, 0) is 6.54 Å². The van der Waals surface area contributed by atoms with Crippen molar-refractivity contribution in [1.82, 2.24) is 5.32 Å². The largest absolute Gasteiger partial charge is 0.394 e. The number of benzene rings is 1. The lowest BCUT2D eigenvalue weighted by Gasteiger charge is -2.23. The highest BCUT2D eigenvalue weighted by molar-refractivity contribution is 5.16. The molecule has 1 aromatic rings. The molecule has 0 saturated carbocycles. The number of nitrogens with one attached hydrogen (secondary N) is 1. The van der Waals surface area contributed by atoms with Gasteiger partial charge in [0.05, 0.1) is 6.61 Å². The van der Waals surface area contributed by atoms with Gasteiger partial charge in [-0.05, 0) is 31.5 Å². The molecule has 14 heavy (non-hydrogen) atoms. The first-order chi connectivity index (χ1) is 6.53. The molecule has 1 rings (SSSR count). The molecule has 0 heterocycles. The van der Waals surface area contributed by atoms with Gasteiger partial charge in [0.15, 0.2) is 0 Å². The van der Waals surface area contributed by atoms with Crippen LogP contribution in [0.1, 0.15) is 19.4 Å². The lowest BCUT2D eigenvalue weighted by Crippen LogP contribution is -2.42. The van der Waals surface area contributed by atoms with Crippen molar-refractivity contribution in [3.8, 4) is 0 Å². The van der Waals surface area contributed by atoms with E-state index in [-0.39, 0.29) is 18.0 Å². The predicted molar refractivity (Wildman–Crippen MR) is 54.4 cm³/mol.